The molecule has 0 fully saturated rings. The lowest BCUT2D eigenvalue weighted by Crippen LogP contribution is -2.18. The summed E-state index contributed by atoms with van der Waals surface area (Å²) in [5.74, 6) is 2.05. The Morgan fingerprint density at radius 1 is 1.21 bits per heavy atom. The van der Waals surface area contributed by atoms with E-state index in [2.05, 4.69) is 38.2 Å². The number of hydrogen-bond acceptors (Lipinski definition) is 3. The Labute approximate surface area is 116 Å². The maximum atomic E-state index is 5.33. The molecule has 0 spiro atoms. The number of methoxy groups -OCH3 is 2. The predicted molar refractivity (Wildman–Crippen MR) is 80.9 cm³/mol. The molecule has 0 atom stereocenters. The minimum atomic E-state index is 0.521. The molecule has 1 aromatic carbocycles. The van der Waals surface area contributed by atoms with Gasteiger partial charge in [0.15, 0.2) is 11.5 Å². The first-order valence-electron chi connectivity index (χ1n) is 6.75. The van der Waals surface area contributed by atoms with Crippen LogP contribution in [0.25, 0.3) is 6.08 Å². The van der Waals surface area contributed by atoms with Gasteiger partial charge in [-0.3, -0.25) is 0 Å². The predicted octanol–water partition coefficient (Wildman–Crippen LogP) is 3.35. The van der Waals surface area contributed by atoms with Gasteiger partial charge >= 0.3 is 0 Å². The molecule has 1 aromatic rings. The first-order valence-corrected chi connectivity index (χ1v) is 6.75. The summed E-state index contributed by atoms with van der Waals surface area (Å²) in [6.07, 6.45) is 2.22. The summed E-state index contributed by atoms with van der Waals surface area (Å²) in [7, 11) is 3.31. The fourth-order valence-corrected chi connectivity index (χ4v) is 1.85. The van der Waals surface area contributed by atoms with Crippen molar-refractivity contribution in [3.63, 3.8) is 0 Å². The standard InChI is InChI=1S/C16H25NO2/c1-6-17-11-14(12(2)3)9-13-7-8-15(18-4)16(10-13)19-5/h7-10,12,17H,6,11H2,1-5H3. The van der Waals surface area contributed by atoms with Crippen molar-refractivity contribution in [2.75, 3.05) is 27.3 Å². The highest BCUT2D eigenvalue weighted by Gasteiger charge is 2.06. The highest BCUT2D eigenvalue weighted by atomic mass is 16.5. The van der Waals surface area contributed by atoms with Crippen LogP contribution in [0.4, 0.5) is 0 Å². The van der Waals surface area contributed by atoms with E-state index in [1.807, 2.05) is 12.1 Å². The fraction of sp³-hybridized carbons (Fsp3) is 0.500. The van der Waals surface area contributed by atoms with Gasteiger partial charge in [-0.15, -0.1) is 0 Å². The smallest absolute Gasteiger partial charge is 0.161 e. The molecule has 1 N–H and O–H groups in total. The third-order valence-corrected chi connectivity index (χ3v) is 3.08. The zero-order valence-corrected chi connectivity index (χ0v) is 12.6. The van der Waals surface area contributed by atoms with E-state index < -0.39 is 0 Å². The lowest BCUT2D eigenvalue weighted by molar-refractivity contribution is 0.355. The highest BCUT2D eigenvalue weighted by Crippen LogP contribution is 2.28. The molecule has 0 aliphatic carbocycles. The topological polar surface area (TPSA) is 30.5 Å². The molecule has 0 unspecified atom stereocenters. The van der Waals surface area contributed by atoms with E-state index in [1.54, 1.807) is 14.2 Å². The molecule has 0 heterocycles. The molecule has 0 radical (unpaired) electrons. The molecule has 0 saturated carbocycles. The molecule has 0 aromatic heterocycles. The van der Waals surface area contributed by atoms with Gasteiger partial charge in [-0.1, -0.05) is 38.5 Å². The molecule has 19 heavy (non-hydrogen) atoms. The van der Waals surface area contributed by atoms with Crippen molar-refractivity contribution in [1.82, 2.24) is 5.32 Å². The maximum Gasteiger partial charge on any atom is 0.161 e. The third-order valence-electron chi connectivity index (χ3n) is 3.08. The van der Waals surface area contributed by atoms with Crippen LogP contribution in [0, 0.1) is 5.92 Å². The summed E-state index contributed by atoms with van der Waals surface area (Å²) in [5.41, 5.74) is 2.52. The van der Waals surface area contributed by atoms with Gasteiger partial charge in [-0.05, 0) is 30.2 Å². The van der Waals surface area contributed by atoms with Crippen molar-refractivity contribution in [3.05, 3.63) is 29.3 Å². The molecule has 3 heteroatoms. The van der Waals surface area contributed by atoms with E-state index >= 15 is 0 Å². The molecular formula is C16H25NO2. The summed E-state index contributed by atoms with van der Waals surface area (Å²) in [6, 6.07) is 6.00. The van der Waals surface area contributed by atoms with Crippen LogP contribution in [0.3, 0.4) is 0 Å². The first-order chi connectivity index (χ1) is 9.12. The van der Waals surface area contributed by atoms with Crippen LogP contribution < -0.4 is 14.8 Å². The monoisotopic (exact) mass is 263 g/mol. The van der Waals surface area contributed by atoms with Gasteiger partial charge in [0, 0.05) is 6.54 Å². The molecule has 0 aliphatic heterocycles. The van der Waals surface area contributed by atoms with Crippen molar-refractivity contribution >= 4 is 6.08 Å². The SMILES string of the molecule is CCNCC(=Cc1ccc(OC)c(OC)c1)C(C)C. The molecule has 0 saturated heterocycles. The van der Waals surface area contributed by atoms with Crippen LogP contribution in [-0.2, 0) is 0 Å². The molecule has 0 aliphatic rings. The summed E-state index contributed by atoms with van der Waals surface area (Å²) < 4.78 is 10.6. The minimum Gasteiger partial charge on any atom is -0.493 e. The van der Waals surface area contributed by atoms with Crippen molar-refractivity contribution in [2.24, 2.45) is 5.92 Å². The molecule has 3 nitrogen and oxygen atoms in total. The number of benzene rings is 1. The van der Waals surface area contributed by atoms with Gasteiger partial charge in [-0.2, -0.15) is 0 Å². The van der Waals surface area contributed by atoms with Gasteiger partial charge < -0.3 is 14.8 Å². The quantitative estimate of drug-likeness (QED) is 0.818. The Kier molecular flexibility index (Phi) is 6.43. The maximum absolute atomic E-state index is 5.33. The highest BCUT2D eigenvalue weighted by molar-refractivity contribution is 5.58. The molecule has 0 bridgehead atoms. The van der Waals surface area contributed by atoms with Crippen molar-refractivity contribution in [1.29, 1.82) is 0 Å². The summed E-state index contributed by atoms with van der Waals surface area (Å²) in [4.78, 5) is 0. The number of nitrogens with one attached hydrogen (secondary N) is 1. The minimum absolute atomic E-state index is 0.521. The fourth-order valence-electron chi connectivity index (χ4n) is 1.85. The third kappa shape index (κ3) is 4.60. The Balaban J connectivity index is 3.00. The largest absolute Gasteiger partial charge is 0.493 e. The van der Waals surface area contributed by atoms with Crippen LogP contribution in [-0.4, -0.2) is 27.3 Å². The van der Waals surface area contributed by atoms with Crippen LogP contribution in [0.15, 0.2) is 23.8 Å². The van der Waals surface area contributed by atoms with Gasteiger partial charge in [0.1, 0.15) is 0 Å². The van der Waals surface area contributed by atoms with Crippen molar-refractivity contribution < 1.29 is 9.47 Å². The van der Waals surface area contributed by atoms with Crippen molar-refractivity contribution in [2.45, 2.75) is 20.8 Å². The normalized spacial score (nSPS) is 11.8. The van der Waals surface area contributed by atoms with Crippen molar-refractivity contribution in [3.8, 4) is 11.5 Å². The van der Waals surface area contributed by atoms with E-state index in [4.69, 9.17) is 9.47 Å². The number of ether oxygens (including phenoxy) is 2. The second-order valence-corrected chi connectivity index (χ2v) is 4.77. The molecule has 106 valence electrons. The van der Waals surface area contributed by atoms with Gasteiger partial charge in [0.05, 0.1) is 14.2 Å². The van der Waals surface area contributed by atoms with Crippen LogP contribution in [0.5, 0.6) is 11.5 Å². The van der Waals surface area contributed by atoms with E-state index in [1.165, 1.54) is 5.57 Å². The number of hydrogen-bond donors (Lipinski definition) is 1. The van der Waals surface area contributed by atoms with E-state index in [-0.39, 0.29) is 0 Å². The lowest BCUT2D eigenvalue weighted by Gasteiger charge is -2.13. The lowest BCUT2D eigenvalue weighted by atomic mass is 10.00. The zero-order chi connectivity index (χ0) is 14.3. The second-order valence-electron chi connectivity index (χ2n) is 4.77. The Morgan fingerprint density at radius 3 is 2.42 bits per heavy atom. The molecular weight excluding hydrogens is 238 g/mol. The van der Waals surface area contributed by atoms with Gasteiger partial charge in [0.25, 0.3) is 0 Å². The Bertz CT molecular complexity index is 425. The van der Waals surface area contributed by atoms with Crippen LogP contribution in [0.2, 0.25) is 0 Å². The Hall–Kier alpha value is -1.48. The van der Waals surface area contributed by atoms with Gasteiger partial charge in [-0.25, -0.2) is 0 Å². The van der Waals surface area contributed by atoms with E-state index in [0.717, 1.165) is 30.2 Å². The Morgan fingerprint density at radius 2 is 1.89 bits per heavy atom. The summed E-state index contributed by atoms with van der Waals surface area (Å²) >= 11 is 0. The summed E-state index contributed by atoms with van der Waals surface area (Å²) in [5, 5.41) is 3.38. The number of rotatable bonds is 7. The second kappa shape index (κ2) is 7.85. The molecule has 0 amide bonds. The van der Waals surface area contributed by atoms with E-state index in [0.29, 0.717) is 5.92 Å². The average molecular weight is 263 g/mol. The summed E-state index contributed by atoms with van der Waals surface area (Å²) in [6.45, 7) is 8.45. The zero-order valence-electron chi connectivity index (χ0n) is 12.6. The van der Waals surface area contributed by atoms with Crippen LogP contribution in [0.1, 0.15) is 26.3 Å². The van der Waals surface area contributed by atoms with Gasteiger partial charge in [0.2, 0.25) is 0 Å². The average Bonchev–Trinajstić information content (AvgIpc) is 2.42. The first kappa shape index (κ1) is 15.6. The number of likely N-dealkylation sites (N-methyl/N-ethyl adjacent to an activating group) is 1. The van der Waals surface area contributed by atoms with Crippen LogP contribution >= 0.6 is 0 Å². The molecule has 1 rings (SSSR count). The van der Waals surface area contributed by atoms with E-state index in [9.17, 15) is 0 Å².